The summed E-state index contributed by atoms with van der Waals surface area (Å²) in [6.07, 6.45) is 0.350. The van der Waals surface area contributed by atoms with Gasteiger partial charge < -0.3 is 20.1 Å². The second-order valence-electron chi connectivity index (χ2n) is 5.35. The van der Waals surface area contributed by atoms with Crippen LogP contribution in [-0.4, -0.2) is 36.3 Å². The predicted molar refractivity (Wildman–Crippen MR) is 90.7 cm³/mol. The van der Waals surface area contributed by atoms with E-state index in [-0.39, 0.29) is 24.1 Å². The van der Waals surface area contributed by atoms with Crippen molar-refractivity contribution in [3.8, 4) is 5.75 Å². The number of hydrogen-bond acceptors (Lipinski definition) is 3. The topological polar surface area (TPSA) is 61.8 Å². The van der Waals surface area contributed by atoms with Crippen molar-refractivity contribution in [2.75, 3.05) is 19.0 Å². The third kappa shape index (κ3) is 5.15. The number of carbonyl (C=O) groups is 1. The summed E-state index contributed by atoms with van der Waals surface area (Å²) in [5, 5.41) is 11.9. The molecule has 0 aliphatic rings. The lowest BCUT2D eigenvalue weighted by Crippen LogP contribution is -2.35. The largest absolute Gasteiger partial charge is 0.433 e. The average Bonchev–Trinajstić information content (AvgIpc) is 2.61. The van der Waals surface area contributed by atoms with Crippen molar-refractivity contribution in [2.45, 2.75) is 19.1 Å². The van der Waals surface area contributed by atoms with Crippen molar-refractivity contribution in [3.63, 3.8) is 0 Å². The van der Waals surface area contributed by atoms with Gasteiger partial charge in [0.25, 0.3) is 0 Å². The first-order chi connectivity index (χ1) is 12.0. The Kier molecular flexibility index (Phi) is 6.71. The Labute approximate surface area is 144 Å². The smallest absolute Gasteiger partial charge is 0.387 e. The molecule has 0 aromatic heterocycles. The highest BCUT2D eigenvalue weighted by atomic mass is 19.3. The molecule has 2 rings (SSSR count). The minimum Gasteiger partial charge on any atom is -0.433 e. The van der Waals surface area contributed by atoms with Gasteiger partial charge in [0.2, 0.25) is 0 Å². The quantitative estimate of drug-likeness (QED) is 0.797. The molecule has 2 aromatic carbocycles. The van der Waals surface area contributed by atoms with E-state index in [1.54, 1.807) is 13.1 Å². The molecule has 2 N–H and O–H groups in total. The molecule has 0 saturated carbocycles. The first kappa shape index (κ1) is 18.7. The number of aliphatic hydroxyl groups excluding tert-OH is 1. The number of nitrogens with one attached hydrogen (secondary N) is 1. The summed E-state index contributed by atoms with van der Waals surface area (Å²) in [5.74, 6) is -0.113. The van der Waals surface area contributed by atoms with E-state index in [9.17, 15) is 18.7 Å². The Morgan fingerprint density at radius 3 is 2.44 bits per heavy atom. The predicted octanol–water partition coefficient (Wildman–Crippen LogP) is 3.88. The maximum absolute atomic E-state index is 12.5. The Morgan fingerprint density at radius 1 is 1.16 bits per heavy atom. The number of alkyl halides is 2. The minimum atomic E-state index is -2.98. The van der Waals surface area contributed by atoms with Gasteiger partial charge >= 0.3 is 12.6 Å². The summed E-state index contributed by atoms with van der Waals surface area (Å²) in [4.78, 5) is 14.0. The number of amides is 2. The second-order valence-corrected chi connectivity index (χ2v) is 5.35. The average molecular weight is 350 g/mol. The number of halogens is 2. The van der Waals surface area contributed by atoms with Gasteiger partial charge in [-0.25, -0.2) is 4.79 Å². The zero-order chi connectivity index (χ0) is 18.2. The summed E-state index contributed by atoms with van der Waals surface area (Å²) >= 11 is 0. The van der Waals surface area contributed by atoms with E-state index in [1.165, 1.54) is 23.1 Å². The molecule has 0 radical (unpaired) electrons. The molecule has 25 heavy (non-hydrogen) atoms. The van der Waals surface area contributed by atoms with Crippen LogP contribution in [0, 0.1) is 0 Å². The molecule has 134 valence electrons. The van der Waals surface area contributed by atoms with Crippen molar-refractivity contribution in [1.29, 1.82) is 0 Å². The van der Waals surface area contributed by atoms with Gasteiger partial charge in [-0.3, -0.25) is 0 Å². The van der Waals surface area contributed by atoms with Crippen LogP contribution in [0.5, 0.6) is 5.75 Å². The summed E-state index contributed by atoms with van der Waals surface area (Å²) < 4.78 is 29.4. The third-order valence-corrected chi connectivity index (χ3v) is 3.72. The van der Waals surface area contributed by atoms with Gasteiger partial charge in [-0.15, -0.1) is 0 Å². The summed E-state index contributed by atoms with van der Waals surface area (Å²) in [6.45, 7) is -3.08. The molecule has 5 nitrogen and oxygen atoms in total. The highest BCUT2D eigenvalue weighted by Gasteiger charge is 2.22. The Morgan fingerprint density at radius 2 is 1.80 bits per heavy atom. The molecule has 2 amide bonds. The molecule has 0 spiro atoms. The van der Waals surface area contributed by atoms with Gasteiger partial charge in [-0.05, 0) is 24.1 Å². The molecule has 0 aliphatic carbocycles. The number of nitrogens with zero attached hydrogens (tertiary/aromatic N) is 1. The lowest BCUT2D eigenvalue weighted by Gasteiger charge is -2.28. The molecule has 0 aliphatic heterocycles. The van der Waals surface area contributed by atoms with Crippen LogP contribution in [0.1, 0.15) is 18.0 Å². The number of para-hydroxylation sites is 2. The van der Waals surface area contributed by atoms with Crippen LogP contribution < -0.4 is 10.1 Å². The summed E-state index contributed by atoms with van der Waals surface area (Å²) in [7, 11) is 1.58. The van der Waals surface area contributed by atoms with Crippen LogP contribution in [-0.2, 0) is 0 Å². The van der Waals surface area contributed by atoms with Gasteiger partial charge in [0.05, 0.1) is 11.7 Å². The number of carbonyl (C=O) groups excluding carboxylic acids is 1. The van der Waals surface area contributed by atoms with E-state index >= 15 is 0 Å². The maximum Gasteiger partial charge on any atom is 0.387 e. The molecule has 0 bridgehead atoms. The standard InChI is InChI=1S/C18H20F2N2O3/c1-22(15(11-12-23)13-7-3-2-4-8-13)18(24)21-14-9-5-6-10-16(14)25-17(19)20/h2-10,15,17,23H,11-12H2,1H3,(H,21,24). The van der Waals surface area contributed by atoms with Crippen LogP contribution >= 0.6 is 0 Å². The lowest BCUT2D eigenvalue weighted by atomic mass is 10.0. The Hall–Kier alpha value is -2.67. The SMILES string of the molecule is CN(C(=O)Nc1ccccc1OC(F)F)C(CCO)c1ccccc1. The van der Waals surface area contributed by atoms with Crippen LogP contribution in [0.25, 0.3) is 0 Å². The first-order valence-corrected chi connectivity index (χ1v) is 7.76. The molecule has 2 aromatic rings. The van der Waals surface area contributed by atoms with Gasteiger partial charge in [-0.2, -0.15) is 8.78 Å². The Balaban J connectivity index is 2.16. The third-order valence-electron chi connectivity index (χ3n) is 3.72. The number of aliphatic hydroxyl groups is 1. The molecular weight excluding hydrogens is 330 g/mol. The van der Waals surface area contributed by atoms with Gasteiger partial charge in [-0.1, -0.05) is 42.5 Å². The fourth-order valence-corrected chi connectivity index (χ4v) is 2.49. The number of hydrogen-bond donors (Lipinski definition) is 2. The zero-order valence-corrected chi connectivity index (χ0v) is 13.7. The molecular formula is C18H20F2N2O3. The normalized spacial score (nSPS) is 11.9. The van der Waals surface area contributed by atoms with Crippen molar-refractivity contribution in [3.05, 3.63) is 60.2 Å². The van der Waals surface area contributed by atoms with E-state index in [2.05, 4.69) is 10.1 Å². The highest BCUT2D eigenvalue weighted by molar-refractivity contribution is 5.91. The molecule has 0 heterocycles. The van der Waals surface area contributed by atoms with Crippen molar-refractivity contribution >= 4 is 11.7 Å². The first-order valence-electron chi connectivity index (χ1n) is 7.76. The molecule has 0 saturated heterocycles. The number of ether oxygens (including phenoxy) is 1. The van der Waals surface area contributed by atoms with E-state index < -0.39 is 12.6 Å². The van der Waals surface area contributed by atoms with E-state index in [0.29, 0.717) is 6.42 Å². The fourth-order valence-electron chi connectivity index (χ4n) is 2.49. The van der Waals surface area contributed by atoms with E-state index in [0.717, 1.165) is 5.56 Å². The summed E-state index contributed by atoms with van der Waals surface area (Å²) in [6, 6.07) is 14.4. The maximum atomic E-state index is 12.5. The second kappa shape index (κ2) is 8.98. The molecule has 0 fully saturated rings. The van der Waals surface area contributed by atoms with Gasteiger partial charge in [0.15, 0.2) is 0 Å². The summed E-state index contributed by atoms with van der Waals surface area (Å²) in [5.41, 5.74) is 1.02. The molecule has 1 atom stereocenters. The number of rotatable bonds is 7. The number of anilines is 1. The fraction of sp³-hybridized carbons (Fsp3) is 0.278. The lowest BCUT2D eigenvalue weighted by molar-refractivity contribution is -0.0493. The minimum absolute atomic E-state index is 0.0950. The van der Waals surface area contributed by atoms with Crippen LogP contribution in [0.3, 0.4) is 0 Å². The Bertz CT molecular complexity index is 683. The number of benzene rings is 2. The van der Waals surface area contributed by atoms with E-state index in [1.807, 2.05) is 30.3 Å². The van der Waals surface area contributed by atoms with Crippen molar-refractivity contribution in [1.82, 2.24) is 4.90 Å². The highest BCUT2D eigenvalue weighted by Crippen LogP contribution is 2.28. The van der Waals surface area contributed by atoms with Gasteiger partial charge in [0.1, 0.15) is 5.75 Å². The van der Waals surface area contributed by atoms with Crippen molar-refractivity contribution in [2.24, 2.45) is 0 Å². The number of urea groups is 1. The zero-order valence-electron chi connectivity index (χ0n) is 13.7. The van der Waals surface area contributed by atoms with Gasteiger partial charge in [0, 0.05) is 13.7 Å². The van der Waals surface area contributed by atoms with Crippen LogP contribution in [0.2, 0.25) is 0 Å². The van der Waals surface area contributed by atoms with Crippen LogP contribution in [0.4, 0.5) is 19.3 Å². The monoisotopic (exact) mass is 350 g/mol. The van der Waals surface area contributed by atoms with E-state index in [4.69, 9.17) is 0 Å². The van der Waals surface area contributed by atoms with Crippen LogP contribution in [0.15, 0.2) is 54.6 Å². The van der Waals surface area contributed by atoms with Crippen molar-refractivity contribution < 1.29 is 23.4 Å². The molecule has 1 unspecified atom stereocenters. The molecule has 7 heteroatoms.